The number of hydrogen-bond acceptors (Lipinski definition) is 5. The first-order valence-electron chi connectivity index (χ1n) is 5.41. The van der Waals surface area contributed by atoms with Crippen LogP contribution in [0, 0.1) is 6.92 Å². The first-order valence-corrected chi connectivity index (χ1v) is 5.41. The molecule has 0 spiro atoms. The smallest absolute Gasteiger partial charge is 0.156 e. The van der Waals surface area contributed by atoms with Gasteiger partial charge in [0.05, 0.1) is 13.2 Å². The van der Waals surface area contributed by atoms with Gasteiger partial charge in [-0.15, -0.1) is 0 Å². The number of hydrogen-bond donors (Lipinski definition) is 1. The molecule has 0 atom stereocenters. The van der Waals surface area contributed by atoms with Gasteiger partial charge >= 0.3 is 0 Å². The second-order valence-electron chi connectivity index (χ2n) is 3.39. The number of aromatic nitrogens is 2. The Hall–Kier alpha value is -1.20. The summed E-state index contributed by atoms with van der Waals surface area (Å²) < 4.78 is 10.3. The molecule has 1 rings (SSSR count). The van der Waals surface area contributed by atoms with E-state index >= 15 is 0 Å². The minimum absolute atomic E-state index is 0.420. The third kappa shape index (κ3) is 4.55. The zero-order chi connectivity index (χ0) is 11.8. The van der Waals surface area contributed by atoms with E-state index in [1.807, 2.05) is 19.9 Å². The van der Waals surface area contributed by atoms with E-state index in [0.29, 0.717) is 25.6 Å². The molecule has 0 radical (unpaired) electrons. The van der Waals surface area contributed by atoms with Gasteiger partial charge in [0.1, 0.15) is 12.4 Å². The molecule has 0 unspecified atom stereocenters. The topological polar surface area (TPSA) is 56.3 Å². The number of nitrogens with one attached hydrogen (secondary N) is 1. The SMILES string of the molecule is CCNc1cc(C)nc(COCCOC)n1. The molecule has 0 aliphatic rings. The van der Waals surface area contributed by atoms with Crippen molar-refractivity contribution in [1.29, 1.82) is 0 Å². The van der Waals surface area contributed by atoms with E-state index in [1.165, 1.54) is 0 Å². The highest BCUT2D eigenvalue weighted by Gasteiger charge is 2.01. The van der Waals surface area contributed by atoms with Crippen LogP contribution in [0.25, 0.3) is 0 Å². The minimum atomic E-state index is 0.420. The summed E-state index contributed by atoms with van der Waals surface area (Å²) in [5.74, 6) is 1.55. The summed E-state index contributed by atoms with van der Waals surface area (Å²) in [4.78, 5) is 8.63. The number of rotatable bonds is 7. The molecule has 0 saturated carbocycles. The van der Waals surface area contributed by atoms with Gasteiger partial charge in [-0.3, -0.25) is 0 Å². The number of anilines is 1. The molecule has 0 amide bonds. The van der Waals surface area contributed by atoms with Crippen LogP contribution in [0.2, 0.25) is 0 Å². The van der Waals surface area contributed by atoms with Crippen molar-refractivity contribution in [1.82, 2.24) is 9.97 Å². The van der Waals surface area contributed by atoms with Crippen LogP contribution < -0.4 is 5.32 Å². The lowest BCUT2D eigenvalue weighted by Gasteiger charge is -2.07. The highest BCUT2D eigenvalue weighted by atomic mass is 16.5. The van der Waals surface area contributed by atoms with Crippen molar-refractivity contribution in [2.75, 3.05) is 32.2 Å². The van der Waals surface area contributed by atoms with Crippen molar-refractivity contribution >= 4 is 5.82 Å². The third-order valence-electron chi connectivity index (χ3n) is 1.92. The first kappa shape index (κ1) is 12.9. The van der Waals surface area contributed by atoms with Gasteiger partial charge in [0.2, 0.25) is 0 Å². The summed E-state index contributed by atoms with van der Waals surface area (Å²) in [7, 11) is 1.65. The lowest BCUT2D eigenvalue weighted by molar-refractivity contribution is 0.0586. The third-order valence-corrected chi connectivity index (χ3v) is 1.92. The van der Waals surface area contributed by atoms with Gasteiger partial charge in [-0.25, -0.2) is 9.97 Å². The normalized spacial score (nSPS) is 10.4. The van der Waals surface area contributed by atoms with Gasteiger partial charge in [-0.1, -0.05) is 0 Å². The maximum absolute atomic E-state index is 5.37. The highest BCUT2D eigenvalue weighted by Crippen LogP contribution is 2.06. The summed E-state index contributed by atoms with van der Waals surface area (Å²) in [5.41, 5.74) is 0.941. The van der Waals surface area contributed by atoms with E-state index in [2.05, 4.69) is 15.3 Å². The second kappa shape index (κ2) is 7.14. The van der Waals surface area contributed by atoms with Crippen molar-refractivity contribution in [3.8, 4) is 0 Å². The summed E-state index contributed by atoms with van der Waals surface area (Å²) in [5, 5.41) is 3.16. The molecular formula is C11H19N3O2. The molecule has 1 aromatic heterocycles. The molecule has 0 fully saturated rings. The van der Waals surface area contributed by atoms with Gasteiger partial charge in [0.15, 0.2) is 5.82 Å². The Morgan fingerprint density at radius 2 is 2.12 bits per heavy atom. The monoisotopic (exact) mass is 225 g/mol. The molecule has 1 aromatic rings. The first-order chi connectivity index (χ1) is 7.76. The number of nitrogens with zero attached hydrogens (tertiary/aromatic N) is 2. The van der Waals surface area contributed by atoms with Crippen molar-refractivity contribution in [3.05, 3.63) is 17.6 Å². The molecule has 0 saturated heterocycles. The fourth-order valence-corrected chi connectivity index (χ4v) is 1.27. The Morgan fingerprint density at radius 1 is 1.31 bits per heavy atom. The molecule has 0 aliphatic heterocycles. The van der Waals surface area contributed by atoms with Crippen molar-refractivity contribution in [3.63, 3.8) is 0 Å². The average molecular weight is 225 g/mol. The Kier molecular flexibility index (Phi) is 5.74. The molecule has 1 N–H and O–H groups in total. The number of aryl methyl sites for hydroxylation is 1. The Balaban J connectivity index is 2.51. The van der Waals surface area contributed by atoms with Gasteiger partial charge in [-0.2, -0.15) is 0 Å². The van der Waals surface area contributed by atoms with E-state index in [1.54, 1.807) is 7.11 Å². The molecule has 0 aliphatic carbocycles. The van der Waals surface area contributed by atoms with Crippen LogP contribution >= 0.6 is 0 Å². The molecule has 0 aromatic carbocycles. The molecule has 16 heavy (non-hydrogen) atoms. The lowest BCUT2D eigenvalue weighted by Crippen LogP contribution is -2.08. The molecular weight excluding hydrogens is 206 g/mol. The van der Waals surface area contributed by atoms with Crippen molar-refractivity contribution in [2.45, 2.75) is 20.5 Å². The Bertz CT molecular complexity index is 318. The number of methoxy groups -OCH3 is 1. The van der Waals surface area contributed by atoms with E-state index in [9.17, 15) is 0 Å². The molecule has 90 valence electrons. The summed E-state index contributed by atoms with van der Waals surface area (Å²) in [6.45, 7) is 6.40. The van der Waals surface area contributed by atoms with Gasteiger partial charge in [0, 0.05) is 25.4 Å². The Labute approximate surface area is 96.2 Å². The summed E-state index contributed by atoms with van der Waals surface area (Å²) in [6.07, 6.45) is 0. The maximum atomic E-state index is 5.37. The van der Waals surface area contributed by atoms with Crippen molar-refractivity contribution in [2.24, 2.45) is 0 Å². The highest BCUT2D eigenvalue weighted by molar-refractivity contribution is 5.35. The fraction of sp³-hybridized carbons (Fsp3) is 0.636. The van der Waals surface area contributed by atoms with Gasteiger partial charge in [0.25, 0.3) is 0 Å². The second-order valence-corrected chi connectivity index (χ2v) is 3.39. The summed E-state index contributed by atoms with van der Waals surface area (Å²) in [6, 6.07) is 1.92. The molecule has 0 bridgehead atoms. The van der Waals surface area contributed by atoms with Crippen LogP contribution in [-0.4, -0.2) is 36.8 Å². The lowest BCUT2D eigenvalue weighted by atomic mass is 10.4. The van der Waals surface area contributed by atoms with Crippen LogP contribution in [-0.2, 0) is 16.1 Å². The molecule has 1 heterocycles. The van der Waals surface area contributed by atoms with E-state index in [0.717, 1.165) is 18.1 Å². The van der Waals surface area contributed by atoms with Gasteiger partial charge < -0.3 is 14.8 Å². The largest absolute Gasteiger partial charge is 0.382 e. The molecule has 5 heteroatoms. The van der Waals surface area contributed by atoms with Gasteiger partial charge in [-0.05, 0) is 13.8 Å². The summed E-state index contributed by atoms with van der Waals surface area (Å²) >= 11 is 0. The Morgan fingerprint density at radius 3 is 2.81 bits per heavy atom. The predicted octanol–water partition coefficient (Wildman–Crippen LogP) is 1.38. The predicted molar refractivity (Wildman–Crippen MR) is 62.5 cm³/mol. The quantitative estimate of drug-likeness (QED) is 0.710. The molecule has 5 nitrogen and oxygen atoms in total. The zero-order valence-electron chi connectivity index (χ0n) is 10.1. The minimum Gasteiger partial charge on any atom is -0.382 e. The van der Waals surface area contributed by atoms with Crippen LogP contribution in [0.1, 0.15) is 18.4 Å². The van der Waals surface area contributed by atoms with Crippen LogP contribution in [0.4, 0.5) is 5.82 Å². The average Bonchev–Trinajstić information content (AvgIpc) is 2.24. The van der Waals surface area contributed by atoms with E-state index < -0.39 is 0 Å². The van der Waals surface area contributed by atoms with Crippen LogP contribution in [0.5, 0.6) is 0 Å². The number of ether oxygens (including phenoxy) is 2. The van der Waals surface area contributed by atoms with Crippen LogP contribution in [0.15, 0.2) is 6.07 Å². The zero-order valence-corrected chi connectivity index (χ0v) is 10.1. The standard InChI is InChI=1S/C11H19N3O2/c1-4-12-10-7-9(2)13-11(14-10)8-16-6-5-15-3/h7H,4-6,8H2,1-3H3,(H,12,13,14). The fourth-order valence-electron chi connectivity index (χ4n) is 1.27. The van der Waals surface area contributed by atoms with Crippen LogP contribution in [0.3, 0.4) is 0 Å². The van der Waals surface area contributed by atoms with E-state index in [4.69, 9.17) is 9.47 Å². The maximum Gasteiger partial charge on any atom is 0.156 e. The van der Waals surface area contributed by atoms with E-state index in [-0.39, 0.29) is 0 Å². The van der Waals surface area contributed by atoms with Crippen molar-refractivity contribution < 1.29 is 9.47 Å².